The van der Waals surface area contributed by atoms with Gasteiger partial charge in [-0.3, -0.25) is 9.69 Å². The Morgan fingerprint density at radius 1 is 1.13 bits per heavy atom. The molecule has 1 aliphatic heterocycles. The van der Waals surface area contributed by atoms with E-state index in [0.717, 1.165) is 0 Å². The fraction of sp³-hybridized carbons (Fsp3) is 0.278. The predicted molar refractivity (Wildman–Crippen MR) is 88.9 cm³/mol. The van der Waals surface area contributed by atoms with E-state index in [4.69, 9.17) is 16.3 Å². The van der Waals surface area contributed by atoms with Crippen molar-refractivity contribution in [3.63, 3.8) is 0 Å². The van der Waals surface area contributed by atoms with Gasteiger partial charge in [0.05, 0.1) is 5.69 Å². The van der Waals surface area contributed by atoms with Gasteiger partial charge in [0.1, 0.15) is 11.6 Å². The zero-order valence-corrected chi connectivity index (χ0v) is 13.7. The number of ether oxygens (including phenoxy) is 1. The first-order valence-corrected chi connectivity index (χ1v) is 7.97. The first-order chi connectivity index (χ1) is 11.0. The summed E-state index contributed by atoms with van der Waals surface area (Å²) < 4.78 is 19.3. The monoisotopic (exact) mass is 333 g/mol. The molecule has 23 heavy (non-hydrogen) atoms. The molecule has 3 rings (SSSR count). The number of hydrogen-bond acceptors (Lipinski definition) is 2. The largest absolute Gasteiger partial charge is 0.475 e. The molecule has 0 bridgehead atoms. The Kier molecular flexibility index (Phi) is 4.02. The number of halogens is 2. The fourth-order valence-electron chi connectivity index (χ4n) is 2.87. The molecule has 1 heterocycles. The summed E-state index contributed by atoms with van der Waals surface area (Å²) in [5.74, 6) is 0.0667. The lowest BCUT2D eigenvalue weighted by atomic mass is 9.92. The molecule has 2 aromatic rings. The Morgan fingerprint density at radius 2 is 1.78 bits per heavy atom. The number of fused-ring (bicyclic) bond motifs is 1. The molecular weight excluding hydrogens is 317 g/mol. The van der Waals surface area contributed by atoms with Crippen LogP contribution in [0.5, 0.6) is 5.75 Å². The molecular formula is C18H17ClFNO2. The van der Waals surface area contributed by atoms with E-state index in [1.54, 1.807) is 35.2 Å². The van der Waals surface area contributed by atoms with E-state index in [9.17, 15) is 9.18 Å². The van der Waals surface area contributed by atoms with Crippen LogP contribution in [0.15, 0.2) is 42.5 Å². The van der Waals surface area contributed by atoms with Gasteiger partial charge in [-0.2, -0.15) is 0 Å². The number of anilines is 2. The lowest BCUT2D eigenvalue weighted by molar-refractivity contribution is -0.135. The Balaban J connectivity index is 2.19. The van der Waals surface area contributed by atoms with Crippen LogP contribution in [0, 0.1) is 5.82 Å². The van der Waals surface area contributed by atoms with Gasteiger partial charge in [-0.05, 0) is 49.2 Å². The van der Waals surface area contributed by atoms with Gasteiger partial charge in [-0.1, -0.05) is 25.4 Å². The van der Waals surface area contributed by atoms with Crippen molar-refractivity contribution in [2.24, 2.45) is 0 Å². The number of hydrogen-bond donors (Lipinski definition) is 0. The molecule has 0 aromatic heterocycles. The van der Waals surface area contributed by atoms with Gasteiger partial charge in [-0.15, -0.1) is 0 Å². The Labute approximate surface area is 139 Å². The first-order valence-electron chi connectivity index (χ1n) is 7.59. The van der Waals surface area contributed by atoms with Crippen molar-refractivity contribution in [1.29, 1.82) is 0 Å². The van der Waals surface area contributed by atoms with Gasteiger partial charge in [0.25, 0.3) is 5.91 Å². The predicted octanol–water partition coefficient (Wildman–Crippen LogP) is 5.10. The second-order valence-electron chi connectivity index (χ2n) is 5.53. The number of carbonyl (C=O) groups excluding carboxylic acids is 1. The van der Waals surface area contributed by atoms with Crippen molar-refractivity contribution in [3.8, 4) is 5.75 Å². The minimum atomic E-state index is -0.938. The summed E-state index contributed by atoms with van der Waals surface area (Å²) >= 11 is 6.07. The summed E-state index contributed by atoms with van der Waals surface area (Å²) in [6.07, 6.45) is 1.07. The molecule has 1 amide bonds. The zero-order chi connectivity index (χ0) is 16.6. The zero-order valence-electron chi connectivity index (χ0n) is 13.0. The maximum absolute atomic E-state index is 13.2. The molecule has 0 spiro atoms. The molecule has 0 fully saturated rings. The summed E-state index contributed by atoms with van der Waals surface area (Å²) in [5, 5.41) is 0.540. The second-order valence-corrected chi connectivity index (χ2v) is 5.97. The van der Waals surface area contributed by atoms with Crippen molar-refractivity contribution in [2.45, 2.75) is 32.3 Å². The third-order valence-electron chi connectivity index (χ3n) is 4.29. The van der Waals surface area contributed by atoms with Crippen LogP contribution in [0.2, 0.25) is 5.02 Å². The van der Waals surface area contributed by atoms with Crippen molar-refractivity contribution in [2.75, 3.05) is 4.90 Å². The van der Waals surface area contributed by atoms with Gasteiger partial charge in [0, 0.05) is 16.8 Å². The number of amides is 1. The standard InChI is InChI=1S/C18H17ClFNO2/c1-3-18(4-2)17(22)21(14-8-6-13(20)7-9-14)15-10-5-12(19)11-16(15)23-18/h5-11H,3-4H2,1-2H3. The molecule has 0 atom stereocenters. The molecule has 0 aliphatic carbocycles. The Hall–Kier alpha value is -2.07. The van der Waals surface area contributed by atoms with Gasteiger partial charge >= 0.3 is 0 Å². The minimum absolute atomic E-state index is 0.149. The molecule has 2 aromatic carbocycles. The Morgan fingerprint density at radius 3 is 2.39 bits per heavy atom. The maximum Gasteiger partial charge on any atom is 0.275 e. The van der Waals surface area contributed by atoms with Crippen molar-refractivity contribution in [3.05, 3.63) is 53.3 Å². The fourth-order valence-corrected chi connectivity index (χ4v) is 3.03. The molecule has 0 N–H and O–H groups in total. The highest BCUT2D eigenvalue weighted by Crippen LogP contribution is 2.45. The lowest BCUT2D eigenvalue weighted by Crippen LogP contribution is -2.54. The molecule has 0 saturated heterocycles. The van der Waals surface area contributed by atoms with Crippen LogP contribution in [0.1, 0.15) is 26.7 Å². The van der Waals surface area contributed by atoms with Gasteiger partial charge in [0.2, 0.25) is 0 Å². The highest BCUT2D eigenvalue weighted by atomic mass is 35.5. The van der Waals surface area contributed by atoms with Crippen LogP contribution in [-0.2, 0) is 4.79 Å². The molecule has 3 nitrogen and oxygen atoms in total. The summed E-state index contributed by atoms with van der Waals surface area (Å²) in [7, 11) is 0. The van der Waals surface area contributed by atoms with Crippen LogP contribution < -0.4 is 9.64 Å². The van der Waals surface area contributed by atoms with E-state index in [1.807, 2.05) is 13.8 Å². The second kappa shape index (κ2) is 5.85. The molecule has 0 radical (unpaired) electrons. The quantitative estimate of drug-likeness (QED) is 0.782. The van der Waals surface area contributed by atoms with Gasteiger partial charge in [-0.25, -0.2) is 4.39 Å². The SMILES string of the molecule is CCC1(CC)Oc2cc(Cl)ccc2N(c2ccc(F)cc2)C1=O. The molecule has 5 heteroatoms. The van der Waals surface area contributed by atoms with Crippen LogP contribution in [0.4, 0.5) is 15.8 Å². The normalized spacial score (nSPS) is 16.0. The van der Waals surface area contributed by atoms with Crippen molar-refractivity contribution >= 4 is 28.9 Å². The third-order valence-corrected chi connectivity index (χ3v) is 4.52. The van der Waals surface area contributed by atoms with E-state index < -0.39 is 5.60 Å². The van der Waals surface area contributed by atoms with E-state index in [-0.39, 0.29) is 11.7 Å². The molecule has 0 unspecified atom stereocenters. The molecule has 120 valence electrons. The maximum atomic E-state index is 13.2. The van der Waals surface area contributed by atoms with E-state index in [1.165, 1.54) is 12.1 Å². The highest BCUT2D eigenvalue weighted by Gasteiger charge is 2.46. The molecule has 1 aliphatic rings. The highest BCUT2D eigenvalue weighted by molar-refractivity contribution is 6.31. The van der Waals surface area contributed by atoms with Crippen LogP contribution in [0.25, 0.3) is 0 Å². The smallest absolute Gasteiger partial charge is 0.275 e. The summed E-state index contributed by atoms with van der Waals surface area (Å²) in [6, 6.07) is 11.0. The number of carbonyl (C=O) groups is 1. The lowest BCUT2D eigenvalue weighted by Gasteiger charge is -2.42. The number of benzene rings is 2. The third kappa shape index (κ3) is 2.57. The summed E-state index contributed by atoms with van der Waals surface area (Å²) in [4.78, 5) is 14.7. The molecule has 0 saturated carbocycles. The van der Waals surface area contributed by atoms with Crippen LogP contribution >= 0.6 is 11.6 Å². The minimum Gasteiger partial charge on any atom is -0.475 e. The van der Waals surface area contributed by atoms with E-state index >= 15 is 0 Å². The van der Waals surface area contributed by atoms with E-state index in [0.29, 0.717) is 35.0 Å². The van der Waals surface area contributed by atoms with Crippen molar-refractivity contribution < 1.29 is 13.9 Å². The van der Waals surface area contributed by atoms with E-state index in [2.05, 4.69) is 0 Å². The first kappa shape index (κ1) is 15.8. The van der Waals surface area contributed by atoms with Crippen molar-refractivity contribution in [1.82, 2.24) is 0 Å². The average Bonchev–Trinajstić information content (AvgIpc) is 2.56. The van der Waals surface area contributed by atoms with Gasteiger partial charge < -0.3 is 4.74 Å². The van der Waals surface area contributed by atoms with Crippen LogP contribution in [0.3, 0.4) is 0 Å². The summed E-state index contributed by atoms with van der Waals surface area (Å²) in [6.45, 7) is 3.83. The van der Waals surface area contributed by atoms with Gasteiger partial charge in [0.15, 0.2) is 5.60 Å². The summed E-state index contributed by atoms with van der Waals surface area (Å²) in [5.41, 5.74) is 0.282. The topological polar surface area (TPSA) is 29.5 Å². The number of rotatable bonds is 3. The average molecular weight is 334 g/mol. The van der Waals surface area contributed by atoms with Crippen LogP contribution in [-0.4, -0.2) is 11.5 Å². The number of nitrogens with zero attached hydrogens (tertiary/aromatic N) is 1. The Bertz CT molecular complexity index is 741.